The van der Waals surface area contributed by atoms with Gasteiger partial charge in [-0.3, -0.25) is 0 Å². The minimum atomic E-state index is -1.05. The summed E-state index contributed by atoms with van der Waals surface area (Å²) in [7, 11) is 0. The molecule has 0 radical (unpaired) electrons. The van der Waals surface area contributed by atoms with E-state index in [-0.39, 0.29) is 11.4 Å². The van der Waals surface area contributed by atoms with Gasteiger partial charge in [0.05, 0.1) is 17.9 Å². The maximum Gasteiger partial charge on any atom is 0.354 e. The molecule has 25 heavy (non-hydrogen) atoms. The number of nitrogens with zero attached hydrogens (tertiary/aromatic N) is 2. The molecular weight excluding hydrogens is 324 g/mol. The van der Waals surface area contributed by atoms with E-state index in [9.17, 15) is 9.59 Å². The molecule has 0 saturated carbocycles. The van der Waals surface area contributed by atoms with Crippen LogP contribution in [0.25, 0.3) is 0 Å². The van der Waals surface area contributed by atoms with Crippen LogP contribution in [0.4, 0.5) is 0 Å². The molecule has 2 heterocycles. The predicted molar refractivity (Wildman–Crippen MR) is 90.1 cm³/mol. The van der Waals surface area contributed by atoms with Gasteiger partial charge in [0.1, 0.15) is 11.4 Å². The average Bonchev–Trinajstić information content (AvgIpc) is 2.61. The van der Waals surface area contributed by atoms with Crippen LogP contribution in [0.1, 0.15) is 32.4 Å². The van der Waals surface area contributed by atoms with Gasteiger partial charge in [-0.15, -0.1) is 0 Å². The lowest BCUT2D eigenvalue weighted by Crippen LogP contribution is -2.16. The maximum absolute atomic E-state index is 10.8. The fourth-order valence-electron chi connectivity index (χ4n) is 1.98. The van der Waals surface area contributed by atoms with Crippen LogP contribution in [-0.4, -0.2) is 38.7 Å². The molecule has 0 unspecified atom stereocenters. The third-order valence-corrected chi connectivity index (χ3v) is 3.14. The summed E-state index contributed by atoms with van der Waals surface area (Å²) in [5.41, 5.74) is 1.32. The molecule has 0 aromatic carbocycles. The zero-order valence-corrected chi connectivity index (χ0v) is 13.3. The number of nitrogens with one attached hydrogen (secondary N) is 2. The number of aromatic nitrogens is 2. The fraction of sp³-hybridized carbons (Fsp3) is 0.176. The van der Waals surface area contributed by atoms with Gasteiger partial charge in [-0.05, 0) is 30.5 Å². The summed E-state index contributed by atoms with van der Waals surface area (Å²) in [5, 5.41) is 23.9. The molecule has 2 aromatic heterocycles. The lowest BCUT2D eigenvalue weighted by atomic mass is 10.3. The Morgan fingerprint density at radius 1 is 0.920 bits per heavy atom. The molecule has 0 fully saturated rings. The number of carboxylic acid groups (broad SMARTS) is 2. The van der Waals surface area contributed by atoms with Crippen LogP contribution >= 0.6 is 0 Å². The van der Waals surface area contributed by atoms with E-state index in [1.807, 2.05) is 6.08 Å². The van der Waals surface area contributed by atoms with Gasteiger partial charge >= 0.3 is 11.9 Å². The number of pyridine rings is 2. The van der Waals surface area contributed by atoms with Crippen molar-refractivity contribution in [3.63, 3.8) is 0 Å². The van der Waals surface area contributed by atoms with Gasteiger partial charge < -0.3 is 20.8 Å². The largest absolute Gasteiger partial charge is 0.477 e. The van der Waals surface area contributed by atoms with E-state index in [0.717, 1.165) is 0 Å². The number of carbonyl (C=O) groups is 2. The molecule has 2 aromatic rings. The molecule has 0 amide bonds. The lowest BCUT2D eigenvalue weighted by molar-refractivity contribution is 0.0679. The van der Waals surface area contributed by atoms with E-state index in [1.54, 1.807) is 30.5 Å². The topological polar surface area (TPSA) is 124 Å². The van der Waals surface area contributed by atoms with Crippen LogP contribution in [0.15, 0.2) is 48.7 Å². The van der Waals surface area contributed by atoms with Crippen molar-refractivity contribution in [2.24, 2.45) is 0 Å². The van der Waals surface area contributed by atoms with E-state index < -0.39 is 11.9 Å². The van der Waals surface area contributed by atoms with Gasteiger partial charge in [-0.25, -0.2) is 19.6 Å². The van der Waals surface area contributed by atoms with Gasteiger partial charge in [0.2, 0.25) is 0 Å². The van der Waals surface area contributed by atoms with Gasteiger partial charge in [0.25, 0.3) is 0 Å². The minimum Gasteiger partial charge on any atom is -0.477 e. The average molecular weight is 342 g/mol. The molecule has 0 spiro atoms. The monoisotopic (exact) mass is 342 g/mol. The Morgan fingerprint density at radius 2 is 1.48 bits per heavy atom. The Balaban J connectivity index is 1.70. The summed E-state index contributed by atoms with van der Waals surface area (Å²) in [6.45, 7) is 1.43. The van der Waals surface area contributed by atoms with Crippen molar-refractivity contribution in [3.05, 3.63) is 71.4 Å². The molecule has 8 nitrogen and oxygen atoms in total. The van der Waals surface area contributed by atoms with Crippen molar-refractivity contribution in [3.8, 4) is 0 Å². The highest BCUT2D eigenvalue weighted by Gasteiger charge is 2.05. The second-order valence-electron chi connectivity index (χ2n) is 5.05. The van der Waals surface area contributed by atoms with Crippen molar-refractivity contribution in [2.45, 2.75) is 13.1 Å². The highest BCUT2D eigenvalue weighted by molar-refractivity contribution is 5.85. The molecule has 4 N–H and O–H groups in total. The summed E-state index contributed by atoms with van der Waals surface area (Å²) in [6, 6.07) is 9.69. The van der Waals surface area contributed by atoms with Crippen molar-refractivity contribution < 1.29 is 19.8 Å². The first kappa shape index (κ1) is 18.1. The van der Waals surface area contributed by atoms with Crippen LogP contribution < -0.4 is 10.6 Å². The van der Waals surface area contributed by atoms with Crippen LogP contribution in [0.2, 0.25) is 0 Å². The van der Waals surface area contributed by atoms with E-state index >= 15 is 0 Å². The van der Waals surface area contributed by atoms with Gasteiger partial charge in [0.15, 0.2) is 0 Å². The molecule has 8 heteroatoms. The normalized spacial score (nSPS) is 10.7. The van der Waals surface area contributed by atoms with E-state index in [4.69, 9.17) is 10.2 Å². The van der Waals surface area contributed by atoms with Crippen LogP contribution in [-0.2, 0) is 13.1 Å². The highest BCUT2D eigenvalue weighted by Crippen LogP contribution is 2.00. The van der Waals surface area contributed by atoms with E-state index in [1.165, 1.54) is 12.1 Å². The quantitative estimate of drug-likeness (QED) is 0.502. The fourth-order valence-corrected chi connectivity index (χ4v) is 1.98. The smallest absolute Gasteiger partial charge is 0.354 e. The second kappa shape index (κ2) is 9.14. The molecule has 0 aliphatic carbocycles. The third-order valence-electron chi connectivity index (χ3n) is 3.14. The Bertz CT molecular complexity index is 777. The van der Waals surface area contributed by atoms with Crippen LogP contribution in [0.3, 0.4) is 0 Å². The Morgan fingerprint density at radius 3 is 2.04 bits per heavy atom. The van der Waals surface area contributed by atoms with E-state index in [2.05, 4.69) is 20.6 Å². The van der Waals surface area contributed by atoms with Crippen molar-refractivity contribution >= 4 is 11.9 Å². The molecule has 0 aliphatic heterocycles. The summed E-state index contributed by atoms with van der Waals surface area (Å²) in [6.07, 6.45) is 3.59. The van der Waals surface area contributed by atoms with Crippen molar-refractivity contribution in [1.29, 1.82) is 0 Å². The minimum absolute atomic E-state index is 0.0148. The van der Waals surface area contributed by atoms with Crippen LogP contribution in [0.5, 0.6) is 0 Å². The SMILES string of the molecule is O=C(O)c1cccc(CN/C=C\CNCc2cccc(C(=O)O)n2)n1. The van der Waals surface area contributed by atoms with Gasteiger partial charge in [-0.1, -0.05) is 18.2 Å². The first-order chi connectivity index (χ1) is 12.1. The predicted octanol–water partition coefficient (Wildman–Crippen LogP) is 1.27. The zero-order chi connectivity index (χ0) is 18.1. The molecule has 130 valence electrons. The molecule has 0 saturated heterocycles. The molecule has 0 atom stereocenters. The highest BCUT2D eigenvalue weighted by atomic mass is 16.4. The molecule has 0 bridgehead atoms. The first-order valence-electron chi connectivity index (χ1n) is 7.54. The standard InChI is InChI=1S/C17H18N4O4/c22-16(23)14-6-1-4-12(20-14)10-18-8-3-9-19-11-13-5-2-7-15(21-13)17(24)25/h1-8,18-19H,9-11H2,(H,22,23)(H,24,25)/b8-3-. The van der Waals surface area contributed by atoms with Crippen molar-refractivity contribution in [2.75, 3.05) is 6.54 Å². The number of rotatable bonds is 9. The van der Waals surface area contributed by atoms with Crippen LogP contribution in [0, 0.1) is 0 Å². The van der Waals surface area contributed by atoms with Gasteiger partial charge in [-0.2, -0.15) is 0 Å². The first-order valence-corrected chi connectivity index (χ1v) is 7.54. The number of hydrogen-bond acceptors (Lipinski definition) is 6. The Kier molecular flexibility index (Phi) is 6.61. The zero-order valence-electron chi connectivity index (χ0n) is 13.3. The second-order valence-corrected chi connectivity index (χ2v) is 5.05. The third kappa shape index (κ3) is 6.04. The molecular formula is C17H18N4O4. The Hall–Kier alpha value is -3.26. The number of aromatic carboxylic acids is 2. The maximum atomic E-state index is 10.8. The molecule has 2 rings (SSSR count). The lowest BCUT2D eigenvalue weighted by Gasteiger charge is -2.03. The summed E-state index contributed by atoms with van der Waals surface area (Å²) in [4.78, 5) is 29.7. The number of hydrogen-bond donors (Lipinski definition) is 4. The Labute approximate surface area is 144 Å². The van der Waals surface area contributed by atoms with Gasteiger partial charge in [0, 0.05) is 13.1 Å². The summed E-state index contributed by atoms with van der Waals surface area (Å²) < 4.78 is 0. The van der Waals surface area contributed by atoms with Crippen molar-refractivity contribution in [1.82, 2.24) is 20.6 Å². The number of carboxylic acids is 2. The summed E-state index contributed by atoms with van der Waals surface area (Å²) >= 11 is 0. The summed E-state index contributed by atoms with van der Waals surface area (Å²) in [5.74, 6) is -2.10. The van der Waals surface area contributed by atoms with E-state index in [0.29, 0.717) is 31.0 Å². The molecule has 0 aliphatic rings.